The lowest BCUT2D eigenvalue weighted by Crippen LogP contribution is -2.49. The van der Waals surface area contributed by atoms with Gasteiger partial charge >= 0.3 is 12.2 Å². The highest BCUT2D eigenvalue weighted by Gasteiger charge is 2.39. The molecule has 4 atom stereocenters. The molecule has 0 unspecified atom stereocenters. The van der Waals surface area contributed by atoms with E-state index < -0.39 is 36.1 Å². The molecule has 15 nitrogen and oxygen atoms in total. The maximum absolute atomic E-state index is 14.0. The van der Waals surface area contributed by atoms with E-state index in [1.54, 1.807) is 61.2 Å². The van der Waals surface area contributed by atoms with E-state index in [1.165, 1.54) is 0 Å². The predicted molar refractivity (Wildman–Crippen MR) is 233 cm³/mol. The number of hydrogen-bond acceptors (Lipinski definition) is 8. The number of hydroxylamine groups is 2. The monoisotopic (exact) mass is 838 g/mol. The summed E-state index contributed by atoms with van der Waals surface area (Å²) in [4.78, 5) is 71.6. The minimum absolute atomic E-state index is 0.175. The van der Waals surface area contributed by atoms with Crippen LogP contribution in [0.1, 0.15) is 81.7 Å². The average molecular weight is 839 g/mol. The summed E-state index contributed by atoms with van der Waals surface area (Å²) >= 11 is 0. The van der Waals surface area contributed by atoms with Crippen LogP contribution in [0, 0.1) is 0 Å². The van der Waals surface area contributed by atoms with E-state index in [0.717, 1.165) is 52.1 Å². The number of anilines is 1. The molecule has 0 radical (unpaired) electrons. The van der Waals surface area contributed by atoms with Gasteiger partial charge < -0.3 is 35.3 Å². The van der Waals surface area contributed by atoms with Gasteiger partial charge in [0.1, 0.15) is 23.5 Å². The maximum atomic E-state index is 14.0. The number of ether oxygens (including phenoxy) is 1. The predicted octanol–water partition coefficient (Wildman–Crippen LogP) is 8.46. The number of rotatable bonds is 12. The third-order valence-corrected chi connectivity index (χ3v) is 11.0. The summed E-state index contributed by atoms with van der Waals surface area (Å²) in [6, 6.07) is 32.0. The van der Waals surface area contributed by atoms with Gasteiger partial charge in [-0.15, -0.1) is 0 Å². The van der Waals surface area contributed by atoms with E-state index in [4.69, 9.17) is 14.6 Å². The van der Waals surface area contributed by atoms with Crippen molar-refractivity contribution in [2.75, 3.05) is 18.4 Å². The average Bonchev–Trinajstić information content (AvgIpc) is 4.09. The highest BCUT2D eigenvalue weighted by molar-refractivity contribution is 6.00. The summed E-state index contributed by atoms with van der Waals surface area (Å²) in [7, 11) is 0. The molecular weight excluding hydrogens is 789 g/mol. The molecule has 2 aliphatic heterocycles. The Kier molecular flexibility index (Phi) is 12.1. The SMILES string of the molecule is CC(C)(C)OC(=O)N[C@@H](C(=O)N1CCC[C@H]1C(=O)Nc1ccc2[nH]c(-c3ccc(-c4cnc([C@@H]5CCCN5O[C@@H](NC(=O)O)c5ccccc5)[nH]4)cc3)cc2c1)c1ccccc1. The number of benzene rings is 4. The molecule has 62 heavy (non-hydrogen) atoms. The number of nitrogens with one attached hydrogen (secondary N) is 5. The number of carboxylic acid groups (broad SMARTS) is 1. The molecule has 4 heterocycles. The van der Waals surface area contributed by atoms with Gasteiger partial charge in [-0.2, -0.15) is 5.06 Å². The highest BCUT2D eigenvalue weighted by atomic mass is 16.7. The number of hydrogen-bond donors (Lipinski definition) is 6. The Labute approximate surface area is 358 Å². The standard InChI is InChI=1S/C47H50N8O7/c1-47(2,3)61-46(60)52-40(31-12-6-4-7-13-31)44(57)54-24-10-17-39(54)42(56)49-34-22-23-35-33(26-34)27-36(50-35)29-18-20-30(21-19-29)37-28-48-41(51-37)38-16-11-25-55(38)62-43(53-45(58)59)32-14-8-5-9-15-32/h4-9,12-15,18-23,26-28,38-40,43,50,53H,10-11,16-17,24-25H2,1-3H3,(H,48,51)(H,49,56)(H,52,60)(H,58,59)/t38-,39-,40+,43+/m0/s1. The second-order valence-electron chi connectivity index (χ2n) is 16.6. The minimum Gasteiger partial charge on any atom is -0.465 e. The first-order valence-corrected chi connectivity index (χ1v) is 20.8. The fraction of sp³-hybridized carbons (Fsp3) is 0.298. The number of carbonyl (C=O) groups excluding carboxylic acids is 3. The van der Waals surface area contributed by atoms with Gasteiger partial charge in [0.05, 0.1) is 17.9 Å². The van der Waals surface area contributed by atoms with Crippen LogP contribution in [-0.2, 0) is 19.2 Å². The van der Waals surface area contributed by atoms with Crippen LogP contribution in [-0.4, -0.2) is 78.8 Å². The van der Waals surface area contributed by atoms with Gasteiger partial charge in [-0.1, -0.05) is 84.9 Å². The van der Waals surface area contributed by atoms with E-state index in [-0.39, 0.29) is 17.9 Å². The van der Waals surface area contributed by atoms with Gasteiger partial charge in [0.25, 0.3) is 5.91 Å². The van der Waals surface area contributed by atoms with Crippen molar-refractivity contribution in [1.82, 2.24) is 35.5 Å². The van der Waals surface area contributed by atoms with Crippen molar-refractivity contribution in [3.63, 3.8) is 0 Å². The van der Waals surface area contributed by atoms with Crippen LogP contribution < -0.4 is 16.0 Å². The van der Waals surface area contributed by atoms with Crippen molar-refractivity contribution < 1.29 is 33.9 Å². The molecule has 6 N–H and O–H groups in total. The quantitative estimate of drug-likeness (QED) is 0.0656. The number of carbonyl (C=O) groups is 4. The minimum atomic E-state index is -1.17. The largest absolute Gasteiger partial charge is 0.465 e. The number of nitrogens with zero attached hydrogens (tertiary/aromatic N) is 3. The number of fused-ring (bicyclic) bond motifs is 1. The third kappa shape index (κ3) is 9.64. The van der Waals surface area contributed by atoms with E-state index in [9.17, 15) is 24.3 Å². The number of aromatic amines is 2. The van der Waals surface area contributed by atoms with Crippen LogP contribution in [0.5, 0.6) is 0 Å². The molecule has 2 aromatic heterocycles. The molecule has 0 saturated carbocycles. The van der Waals surface area contributed by atoms with Gasteiger partial charge in [0, 0.05) is 40.9 Å². The molecule has 15 heteroatoms. The van der Waals surface area contributed by atoms with Crippen LogP contribution in [0.3, 0.4) is 0 Å². The van der Waals surface area contributed by atoms with Gasteiger partial charge in [0.2, 0.25) is 5.91 Å². The van der Waals surface area contributed by atoms with E-state index in [2.05, 4.69) is 25.9 Å². The number of H-pyrrole nitrogens is 2. The highest BCUT2D eigenvalue weighted by Crippen LogP contribution is 2.35. The molecule has 2 fully saturated rings. The van der Waals surface area contributed by atoms with Crippen molar-refractivity contribution in [3.8, 4) is 22.5 Å². The summed E-state index contributed by atoms with van der Waals surface area (Å²) in [5.41, 5.74) is 5.71. The summed E-state index contributed by atoms with van der Waals surface area (Å²) < 4.78 is 5.47. The van der Waals surface area contributed by atoms with Gasteiger partial charge in [-0.05, 0) is 87.4 Å². The van der Waals surface area contributed by atoms with Crippen LogP contribution in [0.15, 0.2) is 115 Å². The summed E-state index contributed by atoms with van der Waals surface area (Å²) in [5.74, 6) is 0.0628. The Bertz CT molecular complexity index is 2530. The Balaban J connectivity index is 0.919. The van der Waals surface area contributed by atoms with Crippen LogP contribution >= 0.6 is 0 Å². The molecule has 0 bridgehead atoms. The zero-order chi connectivity index (χ0) is 43.4. The lowest BCUT2D eigenvalue weighted by molar-refractivity contribution is -0.218. The fourth-order valence-corrected chi connectivity index (χ4v) is 8.09. The molecule has 4 amide bonds. The van der Waals surface area contributed by atoms with Crippen LogP contribution in [0.25, 0.3) is 33.4 Å². The smallest absolute Gasteiger partial charge is 0.408 e. The lowest BCUT2D eigenvalue weighted by atomic mass is 10.0. The summed E-state index contributed by atoms with van der Waals surface area (Å²) in [5, 5.41) is 20.4. The molecule has 4 aromatic carbocycles. The topological polar surface area (TPSA) is 194 Å². The Hall–Kier alpha value is -6.97. The molecule has 0 aliphatic carbocycles. The fourth-order valence-electron chi connectivity index (χ4n) is 8.09. The normalized spacial score (nSPS) is 17.7. The van der Waals surface area contributed by atoms with Crippen molar-refractivity contribution in [3.05, 3.63) is 132 Å². The number of imidazole rings is 1. The maximum Gasteiger partial charge on any atom is 0.408 e. The van der Waals surface area contributed by atoms with E-state index in [1.807, 2.05) is 84.9 Å². The third-order valence-electron chi connectivity index (χ3n) is 11.0. The first-order chi connectivity index (χ1) is 29.9. The van der Waals surface area contributed by atoms with Gasteiger partial charge in [-0.25, -0.2) is 14.6 Å². The first-order valence-electron chi connectivity index (χ1n) is 20.8. The zero-order valence-electron chi connectivity index (χ0n) is 34.8. The molecule has 0 spiro atoms. The van der Waals surface area contributed by atoms with Crippen molar-refractivity contribution in [2.24, 2.45) is 0 Å². The molecule has 6 aromatic rings. The summed E-state index contributed by atoms with van der Waals surface area (Å²) in [6.07, 6.45) is 1.86. The second kappa shape index (κ2) is 17.9. The lowest BCUT2D eigenvalue weighted by Gasteiger charge is -2.29. The van der Waals surface area contributed by atoms with E-state index in [0.29, 0.717) is 42.7 Å². The number of aromatic nitrogens is 3. The number of amides is 4. The molecule has 2 aliphatic rings. The Morgan fingerprint density at radius 1 is 0.790 bits per heavy atom. The molecular formula is C47H50N8O7. The molecule has 320 valence electrons. The van der Waals surface area contributed by atoms with Gasteiger partial charge in [0.15, 0.2) is 6.23 Å². The van der Waals surface area contributed by atoms with Crippen LogP contribution in [0.4, 0.5) is 15.3 Å². The zero-order valence-corrected chi connectivity index (χ0v) is 34.8. The Morgan fingerprint density at radius 3 is 2.16 bits per heavy atom. The number of likely N-dealkylation sites (tertiary alicyclic amines) is 1. The van der Waals surface area contributed by atoms with Gasteiger partial charge in [-0.3, -0.25) is 19.7 Å². The molecule has 2 saturated heterocycles. The second-order valence-corrected chi connectivity index (χ2v) is 16.6. The summed E-state index contributed by atoms with van der Waals surface area (Å²) in [6.45, 7) is 6.28. The first kappa shape index (κ1) is 41.8. The van der Waals surface area contributed by atoms with Crippen molar-refractivity contribution >= 4 is 40.6 Å². The van der Waals surface area contributed by atoms with E-state index >= 15 is 0 Å². The van der Waals surface area contributed by atoms with Crippen molar-refractivity contribution in [2.45, 2.75) is 76.4 Å². The van der Waals surface area contributed by atoms with Crippen molar-refractivity contribution in [1.29, 1.82) is 0 Å². The number of alkyl carbamates (subject to hydrolysis) is 1. The molecule has 8 rings (SSSR count). The van der Waals surface area contributed by atoms with Crippen LogP contribution in [0.2, 0.25) is 0 Å². The Morgan fingerprint density at radius 2 is 1.47 bits per heavy atom.